The highest BCUT2D eigenvalue weighted by molar-refractivity contribution is 5.77. The SMILES string of the molecule is CNC(CC(C)=O)c1ccc2nc(C)oc2c1. The molecule has 90 valence electrons. The molecule has 0 spiro atoms. The van der Waals surface area contributed by atoms with Crippen LogP contribution in [-0.2, 0) is 4.79 Å². The van der Waals surface area contributed by atoms with Gasteiger partial charge < -0.3 is 9.73 Å². The number of carbonyl (C=O) groups is 1. The van der Waals surface area contributed by atoms with Crippen molar-refractivity contribution in [3.8, 4) is 0 Å². The first-order valence-corrected chi connectivity index (χ1v) is 5.64. The molecule has 2 aromatic rings. The van der Waals surface area contributed by atoms with Crippen LogP contribution in [0.2, 0.25) is 0 Å². The van der Waals surface area contributed by atoms with E-state index in [1.807, 2.05) is 32.2 Å². The predicted molar refractivity (Wildman–Crippen MR) is 65.8 cm³/mol. The highest BCUT2D eigenvalue weighted by Crippen LogP contribution is 2.22. The second-order valence-electron chi connectivity index (χ2n) is 4.21. The molecule has 4 nitrogen and oxygen atoms in total. The third-order valence-electron chi connectivity index (χ3n) is 2.76. The van der Waals surface area contributed by atoms with Crippen LogP contribution in [0, 0.1) is 6.92 Å². The number of aryl methyl sites for hydroxylation is 1. The summed E-state index contributed by atoms with van der Waals surface area (Å²) in [6.45, 7) is 3.42. The predicted octanol–water partition coefficient (Wildman–Crippen LogP) is 2.38. The number of rotatable bonds is 4. The molecular formula is C13H16N2O2. The molecule has 1 aromatic heterocycles. The molecule has 4 heteroatoms. The summed E-state index contributed by atoms with van der Waals surface area (Å²) in [5.41, 5.74) is 2.67. The van der Waals surface area contributed by atoms with Gasteiger partial charge in [-0.1, -0.05) is 6.07 Å². The van der Waals surface area contributed by atoms with Crippen LogP contribution in [0.5, 0.6) is 0 Å². The van der Waals surface area contributed by atoms with E-state index in [1.54, 1.807) is 6.92 Å². The quantitative estimate of drug-likeness (QED) is 0.879. The minimum absolute atomic E-state index is 0.0299. The van der Waals surface area contributed by atoms with Crippen molar-refractivity contribution in [2.24, 2.45) is 0 Å². The lowest BCUT2D eigenvalue weighted by Gasteiger charge is -2.14. The number of benzene rings is 1. The van der Waals surface area contributed by atoms with Gasteiger partial charge in [0.25, 0.3) is 0 Å². The van der Waals surface area contributed by atoms with E-state index in [0.717, 1.165) is 16.7 Å². The third-order valence-corrected chi connectivity index (χ3v) is 2.76. The fraction of sp³-hybridized carbons (Fsp3) is 0.385. The van der Waals surface area contributed by atoms with Crippen LogP contribution in [0.1, 0.15) is 30.8 Å². The first-order chi connectivity index (χ1) is 8.10. The van der Waals surface area contributed by atoms with Gasteiger partial charge in [0.1, 0.15) is 11.3 Å². The minimum Gasteiger partial charge on any atom is -0.441 e. The highest BCUT2D eigenvalue weighted by atomic mass is 16.3. The molecule has 0 aliphatic rings. The van der Waals surface area contributed by atoms with E-state index < -0.39 is 0 Å². The number of nitrogens with one attached hydrogen (secondary N) is 1. The van der Waals surface area contributed by atoms with Crippen LogP contribution in [0.3, 0.4) is 0 Å². The molecule has 0 saturated carbocycles. The Labute approximate surface area is 100 Å². The monoisotopic (exact) mass is 232 g/mol. The minimum atomic E-state index is 0.0299. The van der Waals surface area contributed by atoms with Gasteiger partial charge in [-0.25, -0.2) is 4.98 Å². The lowest BCUT2D eigenvalue weighted by atomic mass is 10.0. The molecule has 1 atom stereocenters. The van der Waals surface area contributed by atoms with Crippen molar-refractivity contribution in [1.82, 2.24) is 10.3 Å². The second-order valence-corrected chi connectivity index (χ2v) is 4.21. The van der Waals surface area contributed by atoms with Gasteiger partial charge in [-0.05, 0) is 31.7 Å². The summed E-state index contributed by atoms with van der Waals surface area (Å²) in [5, 5.41) is 3.14. The Morgan fingerprint density at radius 3 is 2.94 bits per heavy atom. The Balaban J connectivity index is 2.36. The zero-order valence-electron chi connectivity index (χ0n) is 10.3. The fourth-order valence-electron chi connectivity index (χ4n) is 1.95. The molecule has 0 aliphatic heterocycles. The molecule has 0 radical (unpaired) electrons. The summed E-state index contributed by atoms with van der Waals surface area (Å²) in [7, 11) is 1.85. The summed E-state index contributed by atoms with van der Waals surface area (Å²) in [6, 6.07) is 5.88. The van der Waals surface area contributed by atoms with Crippen LogP contribution in [-0.4, -0.2) is 17.8 Å². The van der Waals surface area contributed by atoms with Crippen molar-refractivity contribution < 1.29 is 9.21 Å². The zero-order valence-corrected chi connectivity index (χ0v) is 10.3. The van der Waals surface area contributed by atoms with Crippen molar-refractivity contribution in [2.75, 3.05) is 7.05 Å². The van der Waals surface area contributed by atoms with Crippen LogP contribution in [0.4, 0.5) is 0 Å². The Hall–Kier alpha value is -1.68. The van der Waals surface area contributed by atoms with E-state index in [0.29, 0.717) is 12.3 Å². The van der Waals surface area contributed by atoms with Gasteiger partial charge in [0.15, 0.2) is 11.5 Å². The van der Waals surface area contributed by atoms with Crippen LogP contribution in [0.15, 0.2) is 22.6 Å². The van der Waals surface area contributed by atoms with Crippen molar-refractivity contribution in [3.63, 3.8) is 0 Å². The zero-order chi connectivity index (χ0) is 12.4. The summed E-state index contributed by atoms with van der Waals surface area (Å²) < 4.78 is 5.48. The van der Waals surface area contributed by atoms with Gasteiger partial charge in [0.2, 0.25) is 0 Å². The molecule has 1 aromatic carbocycles. The molecule has 0 bridgehead atoms. The lowest BCUT2D eigenvalue weighted by molar-refractivity contribution is -0.117. The molecular weight excluding hydrogens is 216 g/mol. The molecule has 1 heterocycles. The second kappa shape index (κ2) is 4.67. The molecule has 0 fully saturated rings. The molecule has 0 amide bonds. The number of Topliss-reactive ketones (excluding diaryl/α,β-unsaturated/α-hetero) is 1. The average Bonchev–Trinajstić information content (AvgIpc) is 2.64. The Morgan fingerprint density at radius 1 is 1.53 bits per heavy atom. The maximum atomic E-state index is 11.2. The number of ketones is 1. The molecule has 1 unspecified atom stereocenters. The van der Waals surface area contributed by atoms with Crippen molar-refractivity contribution in [1.29, 1.82) is 0 Å². The van der Waals surface area contributed by atoms with E-state index in [2.05, 4.69) is 10.3 Å². The number of aromatic nitrogens is 1. The van der Waals surface area contributed by atoms with Crippen molar-refractivity contribution >= 4 is 16.9 Å². The van der Waals surface area contributed by atoms with E-state index in [4.69, 9.17) is 4.42 Å². The molecule has 2 rings (SSSR count). The average molecular weight is 232 g/mol. The first kappa shape index (κ1) is 11.8. The normalized spacial score (nSPS) is 12.9. The lowest BCUT2D eigenvalue weighted by Crippen LogP contribution is -2.18. The fourth-order valence-corrected chi connectivity index (χ4v) is 1.95. The summed E-state index contributed by atoms with van der Waals surface area (Å²) in [5.74, 6) is 0.822. The number of hydrogen-bond acceptors (Lipinski definition) is 4. The first-order valence-electron chi connectivity index (χ1n) is 5.64. The molecule has 0 saturated heterocycles. The van der Waals surface area contributed by atoms with E-state index in [-0.39, 0.29) is 11.8 Å². The van der Waals surface area contributed by atoms with Gasteiger partial charge in [0.05, 0.1) is 0 Å². The molecule has 0 aliphatic carbocycles. The van der Waals surface area contributed by atoms with Crippen LogP contribution in [0.25, 0.3) is 11.1 Å². The van der Waals surface area contributed by atoms with E-state index >= 15 is 0 Å². The van der Waals surface area contributed by atoms with Gasteiger partial charge in [0, 0.05) is 19.4 Å². The number of fused-ring (bicyclic) bond motifs is 1. The number of oxazole rings is 1. The summed E-state index contributed by atoms with van der Waals surface area (Å²) >= 11 is 0. The Morgan fingerprint density at radius 2 is 2.29 bits per heavy atom. The summed E-state index contributed by atoms with van der Waals surface area (Å²) in [4.78, 5) is 15.4. The van der Waals surface area contributed by atoms with Crippen LogP contribution >= 0.6 is 0 Å². The van der Waals surface area contributed by atoms with Gasteiger partial charge >= 0.3 is 0 Å². The highest BCUT2D eigenvalue weighted by Gasteiger charge is 2.13. The largest absolute Gasteiger partial charge is 0.441 e. The topological polar surface area (TPSA) is 55.1 Å². The Kier molecular flexibility index (Phi) is 3.24. The van der Waals surface area contributed by atoms with Gasteiger partial charge in [-0.15, -0.1) is 0 Å². The van der Waals surface area contributed by atoms with E-state index in [1.165, 1.54) is 0 Å². The third kappa shape index (κ3) is 2.53. The number of carbonyl (C=O) groups excluding carboxylic acids is 1. The maximum absolute atomic E-state index is 11.2. The number of hydrogen-bond donors (Lipinski definition) is 1. The molecule has 17 heavy (non-hydrogen) atoms. The standard InChI is InChI=1S/C13H16N2O2/c1-8(16)6-12(14-3)10-4-5-11-13(7-10)17-9(2)15-11/h4-5,7,12,14H,6H2,1-3H3. The van der Waals surface area contributed by atoms with Crippen molar-refractivity contribution in [2.45, 2.75) is 26.3 Å². The van der Waals surface area contributed by atoms with Gasteiger partial charge in [-0.2, -0.15) is 0 Å². The van der Waals surface area contributed by atoms with E-state index in [9.17, 15) is 4.79 Å². The Bertz CT molecular complexity index is 545. The van der Waals surface area contributed by atoms with Crippen molar-refractivity contribution in [3.05, 3.63) is 29.7 Å². The van der Waals surface area contributed by atoms with Gasteiger partial charge in [-0.3, -0.25) is 4.79 Å². The summed E-state index contributed by atoms with van der Waals surface area (Å²) in [6.07, 6.45) is 0.481. The number of nitrogens with zero attached hydrogens (tertiary/aromatic N) is 1. The van der Waals surface area contributed by atoms with Crippen LogP contribution < -0.4 is 5.32 Å². The molecule has 1 N–H and O–H groups in total. The maximum Gasteiger partial charge on any atom is 0.192 e. The smallest absolute Gasteiger partial charge is 0.192 e.